The predicted molar refractivity (Wildman–Crippen MR) is 69.9 cm³/mol. The summed E-state index contributed by atoms with van der Waals surface area (Å²) in [7, 11) is 1.57. The lowest BCUT2D eigenvalue weighted by Crippen LogP contribution is -2.41. The van der Waals surface area contributed by atoms with Crippen LogP contribution < -0.4 is 16.0 Å². The van der Waals surface area contributed by atoms with Gasteiger partial charge in [0.2, 0.25) is 0 Å². The summed E-state index contributed by atoms with van der Waals surface area (Å²) < 4.78 is 0. The Hall–Kier alpha value is -2.24. The van der Waals surface area contributed by atoms with Crippen molar-refractivity contribution in [2.24, 2.45) is 0 Å². The highest BCUT2D eigenvalue weighted by Gasteiger charge is 2.15. The van der Waals surface area contributed by atoms with Crippen LogP contribution in [0.2, 0.25) is 0 Å². The molecule has 1 aromatic carbocycles. The average molecular weight is 251 g/mol. The Kier molecular flexibility index (Phi) is 4.14. The normalized spacial score (nSPS) is 10.2. The number of hydrogen-bond acceptors (Lipinski definition) is 3. The zero-order valence-corrected chi connectivity index (χ0v) is 10.6. The van der Waals surface area contributed by atoms with Gasteiger partial charge in [0, 0.05) is 13.1 Å². The summed E-state index contributed by atoms with van der Waals surface area (Å²) in [5, 5.41) is 11.5. The first-order chi connectivity index (χ1) is 8.32. The Labute approximate surface area is 105 Å². The molecule has 0 spiro atoms. The first-order valence-corrected chi connectivity index (χ1v) is 5.50. The molecule has 0 heterocycles. The largest absolute Gasteiger partial charge is 0.478 e. The van der Waals surface area contributed by atoms with E-state index in [9.17, 15) is 9.59 Å². The molecule has 0 aromatic heterocycles. The van der Waals surface area contributed by atoms with Gasteiger partial charge in [-0.2, -0.15) is 0 Å². The fourth-order valence-corrected chi connectivity index (χ4v) is 1.45. The molecule has 0 saturated carbocycles. The number of nitrogens with two attached hydrogens (primary N) is 1. The van der Waals surface area contributed by atoms with Crippen LogP contribution in [0.25, 0.3) is 0 Å². The van der Waals surface area contributed by atoms with Crippen molar-refractivity contribution in [3.05, 3.63) is 23.8 Å². The van der Waals surface area contributed by atoms with Crippen molar-refractivity contribution in [3.8, 4) is 0 Å². The SMILES string of the molecule is CC(C)NC(=O)N(C)c1ccc(C(=O)O)cc1N. The fourth-order valence-electron chi connectivity index (χ4n) is 1.45. The third kappa shape index (κ3) is 3.13. The van der Waals surface area contributed by atoms with E-state index in [-0.39, 0.29) is 23.3 Å². The fraction of sp³-hybridized carbons (Fsp3) is 0.333. The van der Waals surface area contributed by atoms with Crippen LogP contribution in [-0.2, 0) is 0 Å². The molecule has 4 N–H and O–H groups in total. The van der Waals surface area contributed by atoms with Gasteiger partial charge in [-0.15, -0.1) is 0 Å². The lowest BCUT2D eigenvalue weighted by molar-refractivity contribution is 0.0697. The topological polar surface area (TPSA) is 95.7 Å². The van der Waals surface area contributed by atoms with Crippen molar-refractivity contribution in [2.45, 2.75) is 19.9 Å². The summed E-state index contributed by atoms with van der Waals surface area (Å²) in [6, 6.07) is 3.97. The number of anilines is 2. The number of benzene rings is 1. The van der Waals surface area contributed by atoms with Crippen molar-refractivity contribution in [1.82, 2.24) is 5.32 Å². The second-order valence-corrected chi connectivity index (χ2v) is 4.24. The number of nitrogens with zero attached hydrogens (tertiary/aromatic N) is 1. The Morgan fingerprint density at radius 2 is 2.00 bits per heavy atom. The number of carbonyl (C=O) groups is 2. The van der Waals surface area contributed by atoms with Gasteiger partial charge in [0.25, 0.3) is 0 Å². The Morgan fingerprint density at radius 3 is 2.44 bits per heavy atom. The lowest BCUT2D eigenvalue weighted by Gasteiger charge is -2.21. The van der Waals surface area contributed by atoms with E-state index in [1.54, 1.807) is 7.05 Å². The quantitative estimate of drug-likeness (QED) is 0.710. The molecule has 0 bridgehead atoms. The zero-order chi connectivity index (χ0) is 13.9. The minimum Gasteiger partial charge on any atom is -0.478 e. The van der Waals surface area contributed by atoms with E-state index in [4.69, 9.17) is 10.8 Å². The summed E-state index contributed by atoms with van der Waals surface area (Å²) in [6.45, 7) is 3.70. The highest BCUT2D eigenvalue weighted by molar-refractivity contribution is 5.97. The molecule has 0 aliphatic carbocycles. The van der Waals surface area contributed by atoms with Crippen LogP contribution in [0.5, 0.6) is 0 Å². The van der Waals surface area contributed by atoms with E-state index in [2.05, 4.69) is 5.32 Å². The van der Waals surface area contributed by atoms with E-state index < -0.39 is 5.97 Å². The second kappa shape index (κ2) is 5.39. The molecule has 6 heteroatoms. The number of carboxylic acid groups (broad SMARTS) is 1. The summed E-state index contributed by atoms with van der Waals surface area (Å²) in [5.41, 5.74) is 6.55. The van der Waals surface area contributed by atoms with Crippen LogP contribution in [0.3, 0.4) is 0 Å². The number of aromatic carboxylic acids is 1. The molecule has 0 unspecified atom stereocenters. The molecule has 0 atom stereocenters. The van der Waals surface area contributed by atoms with Crippen LogP contribution >= 0.6 is 0 Å². The predicted octanol–water partition coefficient (Wildman–Crippen LogP) is 1.52. The van der Waals surface area contributed by atoms with E-state index in [1.165, 1.54) is 23.1 Å². The maximum Gasteiger partial charge on any atom is 0.335 e. The molecule has 18 heavy (non-hydrogen) atoms. The molecule has 2 amide bonds. The van der Waals surface area contributed by atoms with Crippen molar-refractivity contribution < 1.29 is 14.7 Å². The molecule has 0 radical (unpaired) electrons. The van der Waals surface area contributed by atoms with E-state index in [0.29, 0.717) is 5.69 Å². The number of hydrogen-bond donors (Lipinski definition) is 3. The van der Waals surface area contributed by atoms with Crippen molar-refractivity contribution in [1.29, 1.82) is 0 Å². The minimum absolute atomic E-state index is 0.0134. The smallest absolute Gasteiger partial charge is 0.335 e. The lowest BCUT2D eigenvalue weighted by atomic mass is 10.1. The first kappa shape index (κ1) is 13.8. The van der Waals surface area contributed by atoms with E-state index in [0.717, 1.165) is 0 Å². The van der Waals surface area contributed by atoms with Gasteiger partial charge in [0.05, 0.1) is 16.9 Å². The molecule has 6 nitrogen and oxygen atoms in total. The first-order valence-electron chi connectivity index (χ1n) is 5.50. The third-order valence-electron chi connectivity index (χ3n) is 2.35. The molecule has 0 aliphatic rings. The van der Waals surface area contributed by atoms with Gasteiger partial charge in [-0.05, 0) is 32.0 Å². The van der Waals surface area contributed by atoms with Gasteiger partial charge in [-0.25, -0.2) is 9.59 Å². The summed E-state index contributed by atoms with van der Waals surface area (Å²) in [4.78, 5) is 23.9. The number of carboxylic acids is 1. The summed E-state index contributed by atoms with van der Waals surface area (Å²) >= 11 is 0. The van der Waals surface area contributed by atoms with Crippen LogP contribution in [0.4, 0.5) is 16.2 Å². The van der Waals surface area contributed by atoms with Gasteiger partial charge < -0.3 is 16.2 Å². The number of rotatable bonds is 3. The highest BCUT2D eigenvalue weighted by Crippen LogP contribution is 2.23. The number of amides is 2. The highest BCUT2D eigenvalue weighted by atomic mass is 16.4. The van der Waals surface area contributed by atoms with E-state index >= 15 is 0 Å². The van der Waals surface area contributed by atoms with Crippen LogP contribution in [0.1, 0.15) is 24.2 Å². The van der Waals surface area contributed by atoms with Crippen molar-refractivity contribution >= 4 is 23.4 Å². The standard InChI is InChI=1S/C12H17N3O3/c1-7(2)14-12(18)15(3)10-5-4-8(11(16)17)6-9(10)13/h4-7H,13H2,1-3H3,(H,14,18)(H,16,17). The van der Waals surface area contributed by atoms with Crippen LogP contribution in [0, 0.1) is 0 Å². The Bertz CT molecular complexity index is 472. The monoisotopic (exact) mass is 251 g/mol. The van der Waals surface area contributed by atoms with Gasteiger partial charge in [-0.3, -0.25) is 4.90 Å². The average Bonchev–Trinajstić information content (AvgIpc) is 2.26. The van der Waals surface area contributed by atoms with Gasteiger partial charge in [-0.1, -0.05) is 0 Å². The third-order valence-corrected chi connectivity index (χ3v) is 2.35. The molecule has 0 aliphatic heterocycles. The summed E-state index contributed by atoms with van der Waals surface area (Å²) in [5.74, 6) is -1.05. The number of nitrogen functional groups attached to an aromatic ring is 1. The minimum atomic E-state index is -1.05. The van der Waals surface area contributed by atoms with Crippen LogP contribution in [-0.4, -0.2) is 30.2 Å². The molecule has 1 aromatic rings. The maximum absolute atomic E-state index is 11.8. The van der Waals surface area contributed by atoms with E-state index in [1.807, 2.05) is 13.8 Å². The molecule has 0 saturated heterocycles. The Balaban J connectivity index is 2.96. The molecule has 98 valence electrons. The Morgan fingerprint density at radius 1 is 1.39 bits per heavy atom. The molecule has 0 fully saturated rings. The molecule has 1 rings (SSSR count). The summed E-state index contributed by atoms with van der Waals surface area (Å²) in [6.07, 6.45) is 0. The molecular weight excluding hydrogens is 234 g/mol. The van der Waals surface area contributed by atoms with Gasteiger partial charge in [0.15, 0.2) is 0 Å². The van der Waals surface area contributed by atoms with Gasteiger partial charge in [0.1, 0.15) is 0 Å². The number of carbonyl (C=O) groups excluding carboxylic acids is 1. The van der Waals surface area contributed by atoms with Gasteiger partial charge >= 0.3 is 12.0 Å². The van der Waals surface area contributed by atoms with Crippen molar-refractivity contribution in [3.63, 3.8) is 0 Å². The van der Waals surface area contributed by atoms with Crippen LogP contribution in [0.15, 0.2) is 18.2 Å². The maximum atomic E-state index is 11.8. The number of nitrogens with one attached hydrogen (secondary N) is 1. The van der Waals surface area contributed by atoms with Crippen molar-refractivity contribution in [2.75, 3.05) is 17.7 Å². The zero-order valence-electron chi connectivity index (χ0n) is 10.6. The number of urea groups is 1. The molecular formula is C12H17N3O3. The second-order valence-electron chi connectivity index (χ2n) is 4.24.